The molecule has 1 fully saturated rings. The topological polar surface area (TPSA) is 49.5 Å². The monoisotopic (exact) mass is 200 g/mol. The smallest absolute Gasteiger partial charge is 0.0814 e. The molecule has 0 radical (unpaired) electrons. The van der Waals surface area contributed by atoms with Crippen LogP contribution in [0.15, 0.2) is 0 Å². The van der Waals surface area contributed by atoms with Gasteiger partial charge in [-0.05, 0) is 39.4 Å². The van der Waals surface area contributed by atoms with E-state index in [1.807, 2.05) is 0 Å². The largest absolute Gasteiger partial charge is 0.388 e. The van der Waals surface area contributed by atoms with Crippen molar-refractivity contribution in [2.75, 3.05) is 26.7 Å². The van der Waals surface area contributed by atoms with Gasteiger partial charge in [-0.15, -0.1) is 0 Å². The van der Waals surface area contributed by atoms with Gasteiger partial charge in [0.25, 0.3) is 0 Å². The fourth-order valence-corrected chi connectivity index (χ4v) is 2.57. The molecule has 1 aliphatic heterocycles. The molecule has 14 heavy (non-hydrogen) atoms. The lowest BCUT2D eigenvalue weighted by molar-refractivity contribution is -0.0688. The van der Waals surface area contributed by atoms with Gasteiger partial charge >= 0.3 is 0 Å². The van der Waals surface area contributed by atoms with Crippen LogP contribution in [-0.2, 0) is 0 Å². The first-order valence-corrected chi connectivity index (χ1v) is 5.73. The Balaban J connectivity index is 2.59. The standard InChI is InChI=1S/C11H24N2O/c1-3-5-10(8-12)11(14)6-4-7-13(2)9-11/h10,14H,3-9,12H2,1-2H3. The molecule has 2 unspecified atom stereocenters. The van der Waals surface area contributed by atoms with Crippen molar-refractivity contribution >= 4 is 0 Å². The van der Waals surface area contributed by atoms with Gasteiger partial charge in [0.2, 0.25) is 0 Å². The van der Waals surface area contributed by atoms with Gasteiger partial charge in [-0.2, -0.15) is 0 Å². The Kier molecular flexibility index (Phi) is 4.35. The Morgan fingerprint density at radius 1 is 1.57 bits per heavy atom. The molecule has 2 atom stereocenters. The summed E-state index contributed by atoms with van der Waals surface area (Å²) < 4.78 is 0. The van der Waals surface area contributed by atoms with E-state index in [1.165, 1.54) is 0 Å². The number of nitrogens with zero attached hydrogens (tertiary/aromatic N) is 1. The highest BCUT2D eigenvalue weighted by molar-refractivity contribution is 4.92. The molecule has 84 valence electrons. The fourth-order valence-electron chi connectivity index (χ4n) is 2.57. The normalized spacial score (nSPS) is 31.7. The molecule has 1 saturated heterocycles. The molecule has 1 aliphatic rings. The first-order valence-electron chi connectivity index (χ1n) is 5.73. The summed E-state index contributed by atoms with van der Waals surface area (Å²) in [5.74, 6) is 0.273. The van der Waals surface area contributed by atoms with E-state index in [0.29, 0.717) is 6.54 Å². The number of aliphatic hydroxyl groups is 1. The molecule has 0 amide bonds. The van der Waals surface area contributed by atoms with Gasteiger partial charge < -0.3 is 15.7 Å². The highest BCUT2D eigenvalue weighted by Gasteiger charge is 2.38. The van der Waals surface area contributed by atoms with Crippen LogP contribution in [0.1, 0.15) is 32.6 Å². The van der Waals surface area contributed by atoms with E-state index in [9.17, 15) is 5.11 Å². The second-order valence-corrected chi connectivity index (χ2v) is 4.67. The van der Waals surface area contributed by atoms with E-state index in [4.69, 9.17) is 5.73 Å². The molecule has 0 aromatic carbocycles. The maximum Gasteiger partial charge on any atom is 0.0814 e. The summed E-state index contributed by atoms with van der Waals surface area (Å²) in [6, 6.07) is 0. The third-order valence-corrected chi connectivity index (χ3v) is 3.37. The van der Waals surface area contributed by atoms with E-state index in [1.54, 1.807) is 0 Å². The molecule has 0 aromatic rings. The highest BCUT2D eigenvalue weighted by atomic mass is 16.3. The zero-order chi connectivity index (χ0) is 10.6. The molecule has 3 nitrogen and oxygen atoms in total. The molecule has 1 heterocycles. The van der Waals surface area contributed by atoms with Gasteiger partial charge in [-0.25, -0.2) is 0 Å². The summed E-state index contributed by atoms with van der Waals surface area (Å²) in [5, 5.41) is 10.5. The summed E-state index contributed by atoms with van der Waals surface area (Å²) in [5.41, 5.74) is 5.21. The van der Waals surface area contributed by atoms with E-state index in [0.717, 1.165) is 38.8 Å². The highest BCUT2D eigenvalue weighted by Crippen LogP contribution is 2.30. The van der Waals surface area contributed by atoms with Gasteiger partial charge in [-0.3, -0.25) is 0 Å². The molecule has 0 aromatic heterocycles. The van der Waals surface area contributed by atoms with Crippen molar-refractivity contribution < 1.29 is 5.11 Å². The van der Waals surface area contributed by atoms with Crippen LogP contribution in [0, 0.1) is 5.92 Å². The van der Waals surface area contributed by atoms with Crippen LogP contribution in [0.5, 0.6) is 0 Å². The van der Waals surface area contributed by atoms with Crippen molar-refractivity contribution in [2.45, 2.75) is 38.2 Å². The Morgan fingerprint density at radius 3 is 2.79 bits per heavy atom. The predicted molar refractivity (Wildman–Crippen MR) is 59.1 cm³/mol. The Hall–Kier alpha value is -0.120. The Labute approximate surface area is 87.3 Å². The Bertz CT molecular complexity index is 175. The zero-order valence-electron chi connectivity index (χ0n) is 9.50. The third-order valence-electron chi connectivity index (χ3n) is 3.37. The summed E-state index contributed by atoms with van der Waals surface area (Å²) >= 11 is 0. The second kappa shape index (κ2) is 5.10. The summed E-state index contributed by atoms with van der Waals surface area (Å²) in [6.45, 7) is 4.65. The molecule has 0 aliphatic carbocycles. The molecule has 3 heteroatoms. The van der Waals surface area contributed by atoms with E-state index < -0.39 is 5.60 Å². The molecule has 0 spiro atoms. The van der Waals surface area contributed by atoms with Crippen LogP contribution in [0.2, 0.25) is 0 Å². The van der Waals surface area contributed by atoms with Crippen LogP contribution < -0.4 is 5.73 Å². The SMILES string of the molecule is CCCC(CN)C1(O)CCCN(C)C1. The number of hydrogen-bond donors (Lipinski definition) is 2. The van der Waals surface area contributed by atoms with Gasteiger partial charge in [0.05, 0.1) is 5.60 Å². The van der Waals surface area contributed by atoms with Crippen molar-refractivity contribution in [3.8, 4) is 0 Å². The van der Waals surface area contributed by atoms with Crippen molar-refractivity contribution in [3.05, 3.63) is 0 Å². The first kappa shape index (κ1) is 12.0. The van der Waals surface area contributed by atoms with Gasteiger partial charge in [0.15, 0.2) is 0 Å². The lowest BCUT2D eigenvalue weighted by Gasteiger charge is -2.42. The number of hydrogen-bond acceptors (Lipinski definition) is 3. The molecule has 1 rings (SSSR count). The second-order valence-electron chi connectivity index (χ2n) is 4.67. The number of piperidine rings is 1. The summed E-state index contributed by atoms with van der Waals surface area (Å²) in [4.78, 5) is 2.21. The van der Waals surface area contributed by atoms with Crippen LogP contribution in [0.4, 0.5) is 0 Å². The van der Waals surface area contributed by atoms with Crippen molar-refractivity contribution in [1.29, 1.82) is 0 Å². The maximum absolute atomic E-state index is 10.5. The summed E-state index contributed by atoms with van der Waals surface area (Å²) in [6.07, 6.45) is 4.15. The van der Waals surface area contributed by atoms with Crippen molar-refractivity contribution in [3.63, 3.8) is 0 Å². The predicted octanol–water partition coefficient (Wildman–Crippen LogP) is 0.818. The fraction of sp³-hybridized carbons (Fsp3) is 1.00. The van der Waals surface area contributed by atoms with Crippen molar-refractivity contribution in [2.24, 2.45) is 11.7 Å². The average molecular weight is 200 g/mol. The van der Waals surface area contributed by atoms with E-state index in [-0.39, 0.29) is 5.92 Å². The summed E-state index contributed by atoms with van der Waals surface area (Å²) in [7, 11) is 2.07. The molecular formula is C11H24N2O. The first-order chi connectivity index (χ1) is 6.62. The van der Waals surface area contributed by atoms with Crippen molar-refractivity contribution in [1.82, 2.24) is 4.90 Å². The number of β-amino-alcohol motifs (C(OH)–C–C–N with tert-alkyl or cyclic N) is 1. The zero-order valence-corrected chi connectivity index (χ0v) is 9.50. The average Bonchev–Trinajstić information content (AvgIpc) is 2.13. The van der Waals surface area contributed by atoms with Crippen LogP contribution in [-0.4, -0.2) is 42.3 Å². The van der Waals surface area contributed by atoms with Crippen LogP contribution in [0.25, 0.3) is 0 Å². The van der Waals surface area contributed by atoms with E-state index in [2.05, 4.69) is 18.9 Å². The molecule has 3 N–H and O–H groups in total. The van der Waals surface area contributed by atoms with Gasteiger partial charge in [-0.1, -0.05) is 13.3 Å². The quantitative estimate of drug-likeness (QED) is 0.706. The van der Waals surface area contributed by atoms with Gasteiger partial charge in [0, 0.05) is 12.5 Å². The molecular weight excluding hydrogens is 176 g/mol. The number of rotatable bonds is 4. The lowest BCUT2D eigenvalue weighted by atomic mass is 9.78. The third kappa shape index (κ3) is 2.69. The molecule has 0 saturated carbocycles. The minimum Gasteiger partial charge on any atom is -0.388 e. The molecule has 0 bridgehead atoms. The minimum absolute atomic E-state index is 0.273. The van der Waals surface area contributed by atoms with Crippen LogP contribution >= 0.6 is 0 Å². The number of nitrogens with two attached hydrogens (primary N) is 1. The number of likely N-dealkylation sites (tertiary alicyclic amines) is 1. The van der Waals surface area contributed by atoms with Crippen LogP contribution in [0.3, 0.4) is 0 Å². The number of likely N-dealkylation sites (N-methyl/N-ethyl adjacent to an activating group) is 1. The maximum atomic E-state index is 10.5. The Morgan fingerprint density at radius 2 is 2.29 bits per heavy atom. The van der Waals surface area contributed by atoms with E-state index >= 15 is 0 Å². The lowest BCUT2D eigenvalue weighted by Crippen LogP contribution is -2.53. The van der Waals surface area contributed by atoms with Gasteiger partial charge in [0.1, 0.15) is 0 Å². The minimum atomic E-state index is -0.530.